The number of rotatable bonds is 4. The minimum Gasteiger partial charge on any atom is -0.368 e. The van der Waals surface area contributed by atoms with Gasteiger partial charge in [-0.05, 0) is 60.7 Å². The number of piperazine rings is 1. The Kier molecular flexibility index (Phi) is 5.31. The molecule has 0 saturated carbocycles. The van der Waals surface area contributed by atoms with Gasteiger partial charge in [0.15, 0.2) is 0 Å². The normalized spacial score (nSPS) is 17.0. The third-order valence-electron chi connectivity index (χ3n) is 6.29. The van der Waals surface area contributed by atoms with E-state index in [0.29, 0.717) is 30.0 Å². The molecule has 32 heavy (non-hydrogen) atoms. The van der Waals surface area contributed by atoms with Gasteiger partial charge in [0.2, 0.25) is 0 Å². The van der Waals surface area contributed by atoms with Gasteiger partial charge in [0, 0.05) is 36.7 Å². The zero-order valence-electron chi connectivity index (χ0n) is 18.2. The summed E-state index contributed by atoms with van der Waals surface area (Å²) in [6, 6.07) is 19.9. The number of hydrogen-bond acceptors (Lipinski definition) is 5. The van der Waals surface area contributed by atoms with Crippen LogP contribution < -0.4 is 9.80 Å². The number of thiophene rings is 1. The van der Waals surface area contributed by atoms with Crippen molar-refractivity contribution in [3.8, 4) is 0 Å². The van der Waals surface area contributed by atoms with Gasteiger partial charge in [-0.15, -0.1) is 11.3 Å². The lowest BCUT2D eigenvalue weighted by Gasteiger charge is -2.37. The third-order valence-corrected chi connectivity index (χ3v) is 7.18. The monoisotopic (exact) mass is 443 g/mol. The molecule has 0 aliphatic carbocycles. The van der Waals surface area contributed by atoms with E-state index < -0.39 is 0 Å². The number of para-hydroxylation sites is 1. The fraction of sp³-hybridized carbons (Fsp3) is 0.231. The van der Waals surface area contributed by atoms with Gasteiger partial charge in [0.25, 0.3) is 11.8 Å². The number of benzene rings is 2. The summed E-state index contributed by atoms with van der Waals surface area (Å²) in [5, 5.41) is 1.95. The van der Waals surface area contributed by atoms with E-state index in [1.807, 2.05) is 67.8 Å². The molecule has 1 saturated heterocycles. The molecule has 0 radical (unpaired) electrons. The zero-order valence-corrected chi connectivity index (χ0v) is 19.1. The maximum Gasteiger partial charge on any atom is 0.282 e. The quantitative estimate of drug-likeness (QED) is 0.558. The van der Waals surface area contributed by atoms with Crippen LogP contribution in [0.2, 0.25) is 0 Å². The van der Waals surface area contributed by atoms with E-state index in [2.05, 4.69) is 21.9 Å². The topological polar surface area (TPSA) is 43.9 Å². The second kappa shape index (κ2) is 8.28. The molecule has 3 heterocycles. The van der Waals surface area contributed by atoms with Crippen LogP contribution in [0, 0.1) is 13.8 Å². The van der Waals surface area contributed by atoms with Gasteiger partial charge >= 0.3 is 0 Å². The van der Waals surface area contributed by atoms with E-state index in [-0.39, 0.29) is 11.8 Å². The van der Waals surface area contributed by atoms with Crippen LogP contribution in [0.4, 0.5) is 11.4 Å². The fourth-order valence-corrected chi connectivity index (χ4v) is 5.14. The molecule has 6 heteroatoms. The van der Waals surface area contributed by atoms with Crippen molar-refractivity contribution >= 4 is 40.1 Å². The first-order chi connectivity index (χ1) is 15.5. The van der Waals surface area contributed by atoms with Crippen LogP contribution in [0.3, 0.4) is 0 Å². The van der Waals surface area contributed by atoms with E-state index in [9.17, 15) is 9.59 Å². The lowest BCUT2D eigenvalue weighted by molar-refractivity contribution is -0.120. The molecule has 1 aromatic heterocycles. The standard InChI is InChI=1S/C26H25N3O2S/c1-18-10-11-21(17-19(18)2)29-25(30)23(22-9-6-16-32-22)24(26(29)31)28-14-12-27(13-15-28)20-7-4-3-5-8-20/h3-11,16-17H,12-15H2,1-2H3. The Bertz CT molecular complexity index is 1190. The number of imide groups is 1. The lowest BCUT2D eigenvalue weighted by atomic mass is 10.1. The molecule has 0 N–H and O–H groups in total. The number of nitrogens with zero attached hydrogens (tertiary/aromatic N) is 3. The van der Waals surface area contributed by atoms with Crippen LogP contribution in [0.15, 0.2) is 71.7 Å². The molecular formula is C26H25N3O2S. The van der Waals surface area contributed by atoms with E-state index in [1.165, 1.54) is 21.9 Å². The summed E-state index contributed by atoms with van der Waals surface area (Å²) in [4.78, 5) is 33.8. The van der Waals surface area contributed by atoms with Crippen molar-refractivity contribution in [1.82, 2.24) is 4.90 Å². The Morgan fingerprint density at radius 1 is 0.719 bits per heavy atom. The molecule has 3 aromatic rings. The largest absolute Gasteiger partial charge is 0.368 e. The Morgan fingerprint density at radius 2 is 1.44 bits per heavy atom. The molecule has 0 spiro atoms. The van der Waals surface area contributed by atoms with Gasteiger partial charge in [-0.25, -0.2) is 4.90 Å². The van der Waals surface area contributed by atoms with Crippen molar-refractivity contribution in [2.45, 2.75) is 13.8 Å². The van der Waals surface area contributed by atoms with Crippen molar-refractivity contribution in [3.63, 3.8) is 0 Å². The summed E-state index contributed by atoms with van der Waals surface area (Å²) < 4.78 is 0. The summed E-state index contributed by atoms with van der Waals surface area (Å²) in [5.74, 6) is -0.462. The molecule has 2 amide bonds. The molecular weight excluding hydrogens is 418 g/mol. The first-order valence-electron chi connectivity index (χ1n) is 10.8. The highest BCUT2D eigenvalue weighted by Crippen LogP contribution is 2.37. The first-order valence-corrected chi connectivity index (χ1v) is 11.7. The molecule has 1 fully saturated rings. The minimum absolute atomic E-state index is 0.227. The Morgan fingerprint density at radius 3 is 2.09 bits per heavy atom. The van der Waals surface area contributed by atoms with E-state index in [4.69, 9.17) is 0 Å². The number of carbonyl (C=O) groups is 2. The highest BCUT2D eigenvalue weighted by molar-refractivity contribution is 7.11. The van der Waals surface area contributed by atoms with Gasteiger partial charge in [-0.2, -0.15) is 0 Å². The average molecular weight is 444 g/mol. The molecule has 2 aromatic carbocycles. The van der Waals surface area contributed by atoms with Gasteiger partial charge in [0.05, 0.1) is 11.3 Å². The number of anilines is 2. The SMILES string of the molecule is Cc1ccc(N2C(=O)C(c3cccs3)=C(N3CCN(c4ccccc4)CC3)C2=O)cc1C. The van der Waals surface area contributed by atoms with Crippen LogP contribution in [-0.2, 0) is 9.59 Å². The molecule has 0 atom stereocenters. The van der Waals surface area contributed by atoms with Crippen molar-refractivity contribution in [1.29, 1.82) is 0 Å². The predicted molar refractivity (Wildman–Crippen MR) is 130 cm³/mol. The highest BCUT2D eigenvalue weighted by atomic mass is 32.1. The van der Waals surface area contributed by atoms with E-state index in [0.717, 1.165) is 29.1 Å². The summed E-state index contributed by atoms with van der Waals surface area (Å²) in [6.07, 6.45) is 0. The molecule has 5 rings (SSSR count). The number of amides is 2. The third kappa shape index (κ3) is 3.50. The van der Waals surface area contributed by atoms with Crippen LogP contribution in [-0.4, -0.2) is 42.9 Å². The molecule has 5 nitrogen and oxygen atoms in total. The first kappa shape index (κ1) is 20.5. The molecule has 162 valence electrons. The van der Waals surface area contributed by atoms with Gasteiger partial charge in [0.1, 0.15) is 5.70 Å². The highest BCUT2D eigenvalue weighted by Gasteiger charge is 2.43. The summed E-state index contributed by atoms with van der Waals surface area (Å²) in [6.45, 7) is 7.02. The Hall–Kier alpha value is -3.38. The van der Waals surface area contributed by atoms with Gasteiger partial charge < -0.3 is 9.80 Å². The van der Waals surface area contributed by atoms with Gasteiger partial charge in [-0.1, -0.05) is 30.3 Å². The van der Waals surface area contributed by atoms with Crippen molar-refractivity contribution in [2.24, 2.45) is 0 Å². The van der Waals surface area contributed by atoms with Crippen LogP contribution in [0.1, 0.15) is 16.0 Å². The van der Waals surface area contributed by atoms with Crippen molar-refractivity contribution in [3.05, 3.63) is 87.7 Å². The molecule has 2 aliphatic rings. The average Bonchev–Trinajstić information content (AvgIpc) is 3.42. The predicted octanol–water partition coefficient (Wildman–Crippen LogP) is 4.47. The Balaban J connectivity index is 1.48. The second-order valence-corrected chi connectivity index (χ2v) is 9.17. The van der Waals surface area contributed by atoms with Crippen LogP contribution >= 0.6 is 11.3 Å². The van der Waals surface area contributed by atoms with Crippen LogP contribution in [0.5, 0.6) is 0 Å². The van der Waals surface area contributed by atoms with Gasteiger partial charge in [-0.3, -0.25) is 9.59 Å². The lowest BCUT2D eigenvalue weighted by Crippen LogP contribution is -2.47. The minimum atomic E-state index is -0.235. The van der Waals surface area contributed by atoms with E-state index in [1.54, 1.807) is 0 Å². The number of aryl methyl sites for hydroxylation is 2. The Labute approximate surface area is 192 Å². The fourth-order valence-electron chi connectivity index (χ4n) is 4.38. The molecule has 2 aliphatic heterocycles. The number of carbonyl (C=O) groups excluding carboxylic acids is 2. The summed E-state index contributed by atoms with van der Waals surface area (Å²) in [7, 11) is 0. The number of hydrogen-bond donors (Lipinski definition) is 0. The maximum atomic E-state index is 13.7. The van der Waals surface area contributed by atoms with Crippen molar-refractivity contribution < 1.29 is 9.59 Å². The van der Waals surface area contributed by atoms with E-state index >= 15 is 0 Å². The second-order valence-electron chi connectivity index (χ2n) is 8.22. The van der Waals surface area contributed by atoms with Crippen molar-refractivity contribution in [2.75, 3.05) is 36.0 Å². The molecule has 0 bridgehead atoms. The van der Waals surface area contributed by atoms with Crippen LogP contribution in [0.25, 0.3) is 5.57 Å². The smallest absolute Gasteiger partial charge is 0.282 e. The molecule has 0 unspecified atom stereocenters. The maximum absolute atomic E-state index is 13.7. The summed E-state index contributed by atoms with van der Waals surface area (Å²) >= 11 is 1.50. The summed E-state index contributed by atoms with van der Waals surface area (Å²) in [5.41, 5.74) is 5.07. The zero-order chi connectivity index (χ0) is 22.2.